The van der Waals surface area contributed by atoms with Gasteiger partial charge in [0.2, 0.25) is 0 Å². The molecule has 7 aromatic rings. The van der Waals surface area contributed by atoms with Crippen LogP contribution in [0.15, 0.2) is 158 Å². The van der Waals surface area contributed by atoms with E-state index in [4.69, 9.17) is 24.7 Å². The monoisotopic (exact) mass is 968 g/mol. The second-order valence-corrected chi connectivity index (χ2v) is 18.4. The third-order valence-corrected chi connectivity index (χ3v) is 15.0. The van der Waals surface area contributed by atoms with E-state index >= 15 is 0 Å². The molecule has 1 fully saturated rings. The van der Waals surface area contributed by atoms with Crippen LogP contribution in [-0.2, 0) is 9.53 Å². The van der Waals surface area contributed by atoms with Gasteiger partial charge in [0.15, 0.2) is 0 Å². The van der Waals surface area contributed by atoms with Crippen molar-refractivity contribution in [3.63, 3.8) is 0 Å². The molecule has 6 nitrogen and oxygen atoms in total. The van der Waals surface area contributed by atoms with Crippen LogP contribution >= 0.6 is 0 Å². The number of carbonyl (C=O) groups excluding carboxylic acids is 1. The van der Waals surface area contributed by atoms with Gasteiger partial charge in [-0.3, -0.25) is 0 Å². The first-order chi connectivity index (χ1) is 29.5. The molecule has 4 aromatic carbocycles. The molecule has 0 radical (unpaired) electrons. The van der Waals surface area contributed by atoms with E-state index in [9.17, 15) is 4.79 Å². The Morgan fingerprint density at radius 1 is 0.500 bits per heavy atom. The number of rotatable bonds is 5. The van der Waals surface area contributed by atoms with Crippen molar-refractivity contribution in [3.8, 4) is 44.5 Å². The van der Waals surface area contributed by atoms with Gasteiger partial charge < -0.3 is 9.97 Å². The maximum atomic E-state index is 10.8. The number of benzene rings is 4. The standard InChI is InChI=1S/C44H28N4.C9H11O2.Tl/c1-5-13-29(14-6-1)41-33-21-23-35(45-33)42(30-15-7-2-8-16-30)37-25-27-39(47-37)44(32-19-11-4-12-20-32)40-28-26-38(48-40)43(31-17-9-3-10-18-31)36-24-22-34(41)46-36;1-6(10)11-9-5-7-2-3-8(9)4-7;/h1-28H;2-3,5,7-9H,4H2,1H3;/q-2;;. The van der Waals surface area contributed by atoms with Crippen molar-refractivity contribution in [2.75, 3.05) is 0 Å². The van der Waals surface area contributed by atoms with E-state index in [1.807, 2.05) is 24.3 Å². The van der Waals surface area contributed by atoms with Gasteiger partial charge in [-0.25, -0.2) is 9.97 Å². The third kappa shape index (κ3) is 7.30. The molecule has 4 aliphatic rings. The summed E-state index contributed by atoms with van der Waals surface area (Å²) in [5.41, 5.74) is 15.0. The van der Waals surface area contributed by atoms with Gasteiger partial charge in [-0.2, -0.15) is 0 Å². The van der Waals surface area contributed by atoms with E-state index in [1.165, 1.54) is 13.3 Å². The fourth-order valence-corrected chi connectivity index (χ4v) is 11.4. The van der Waals surface area contributed by atoms with Crippen molar-refractivity contribution in [2.45, 2.75) is 22.9 Å². The minimum absolute atomic E-state index is 0.119. The van der Waals surface area contributed by atoms with Gasteiger partial charge in [0.1, 0.15) is 0 Å². The zero-order chi connectivity index (χ0) is 40.6. The number of aromatic nitrogens is 4. The number of ether oxygens (including phenoxy) is 1. The number of hydrogen-bond donors (Lipinski definition) is 0. The van der Waals surface area contributed by atoms with Gasteiger partial charge >= 0.3 is 88.2 Å². The number of fused-ring (bicyclic) bond motifs is 10. The Labute approximate surface area is 365 Å². The molecule has 3 aromatic heterocycles. The molecule has 2 aliphatic carbocycles. The van der Waals surface area contributed by atoms with Crippen molar-refractivity contribution < 1.29 is 9.53 Å². The van der Waals surface area contributed by atoms with Crippen LogP contribution in [-0.4, -0.2) is 47.8 Å². The van der Waals surface area contributed by atoms with Crippen molar-refractivity contribution in [1.82, 2.24) is 19.9 Å². The fourth-order valence-electron chi connectivity index (χ4n) is 8.86. The van der Waals surface area contributed by atoms with Crippen LogP contribution in [0.4, 0.5) is 0 Å². The molecular formula is C53H39N4O2Tl-2. The SMILES string of the molecule is C1=Cc2nc1c(-c1ccccc1)c1ccc([n-]1)c(-c1ccccc1)c1nc(c(-c3ccccc3)c3ccc([n-]3)c2-c2ccccc2)C=C1.CC(=O)OC1C2C=CC(C2)[CH]1[Tl]. The first kappa shape index (κ1) is 37.9. The molecule has 0 spiro atoms. The molecule has 5 heterocycles. The van der Waals surface area contributed by atoms with E-state index in [1.54, 1.807) is 0 Å². The topological polar surface area (TPSA) is 80.3 Å². The predicted molar refractivity (Wildman–Crippen MR) is 244 cm³/mol. The molecule has 4 atom stereocenters. The summed E-state index contributed by atoms with van der Waals surface area (Å²) in [6.07, 6.45) is 14.4. The molecule has 0 N–H and O–H groups in total. The van der Waals surface area contributed by atoms with Crippen molar-refractivity contribution >= 4 is 78.1 Å². The average molecular weight is 968 g/mol. The number of carbonyl (C=O) groups is 1. The Bertz CT molecular complexity index is 2640. The van der Waals surface area contributed by atoms with E-state index in [0.29, 0.717) is 9.40 Å². The van der Waals surface area contributed by atoms with Gasteiger partial charge in [0.05, 0.1) is 22.8 Å². The Morgan fingerprint density at radius 2 is 0.817 bits per heavy atom. The number of allylic oxidation sites excluding steroid dienone is 1. The van der Waals surface area contributed by atoms with Crippen LogP contribution in [0.5, 0.6) is 0 Å². The minimum atomic E-state index is -0.119. The normalized spacial score (nSPS) is 18.3. The van der Waals surface area contributed by atoms with Crippen LogP contribution in [0.3, 0.4) is 0 Å². The Balaban J connectivity index is 0.000000310. The summed E-state index contributed by atoms with van der Waals surface area (Å²) in [5, 5.41) is 0. The van der Waals surface area contributed by atoms with Gasteiger partial charge in [-0.15, -0.1) is 22.1 Å². The summed E-state index contributed by atoms with van der Waals surface area (Å²) in [7, 11) is 0. The van der Waals surface area contributed by atoms with Gasteiger partial charge in [-0.05, 0) is 68.8 Å². The van der Waals surface area contributed by atoms with Crippen LogP contribution in [0.2, 0.25) is 3.48 Å². The van der Waals surface area contributed by atoms with Crippen LogP contribution in [0, 0.1) is 11.8 Å². The summed E-state index contributed by atoms with van der Waals surface area (Å²) < 4.78 is 5.99. The molecule has 2 aliphatic heterocycles. The zero-order valence-corrected chi connectivity index (χ0v) is 37.5. The first-order valence-corrected chi connectivity index (χ1v) is 23.0. The number of esters is 1. The van der Waals surface area contributed by atoms with Crippen LogP contribution in [0.25, 0.3) is 90.9 Å². The first-order valence-electron chi connectivity index (χ1n) is 20.4. The quantitative estimate of drug-likeness (QED) is 0.0971. The van der Waals surface area contributed by atoms with Crippen molar-refractivity contribution in [2.24, 2.45) is 11.8 Å². The van der Waals surface area contributed by atoms with Gasteiger partial charge in [0, 0.05) is 0 Å². The average Bonchev–Trinajstić information content (AvgIpc) is 4.15. The maximum absolute atomic E-state index is 10.8. The number of nitrogens with zero attached hydrogens (tertiary/aromatic N) is 4. The Kier molecular flexibility index (Phi) is 10.3. The second kappa shape index (κ2) is 16.3. The molecule has 288 valence electrons. The number of hydrogen-bond acceptors (Lipinski definition) is 4. The molecule has 60 heavy (non-hydrogen) atoms. The summed E-state index contributed by atoms with van der Waals surface area (Å²) in [4.78, 5) is 32.0. The summed E-state index contributed by atoms with van der Waals surface area (Å²) in [5.74, 6) is 1.14. The third-order valence-electron chi connectivity index (χ3n) is 11.6. The molecular weight excluding hydrogens is 929 g/mol. The van der Waals surface area contributed by atoms with Crippen LogP contribution < -0.4 is 9.97 Å². The fraction of sp³-hybridized carbons (Fsp3) is 0.113. The predicted octanol–water partition coefficient (Wildman–Crippen LogP) is 11.7. The molecule has 10 bridgehead atoms. The summed E-state index contributed by atoms with van der Waals surface area (Å²) >= 11 is 0.930. The molecule has 4 unspecified atom stereocenters. The molecule has 0 amide bonds. The Hall–Kier alpha value is -6.39. The van der Waals surface area contributed by atoms with Crippen molar-refractivity contribution in [1.29, 1.82) is 0 Å². The van der Waals surface area contributed by atoms with E-state index < -0.39 is 0 Å². The molecule has 1 saturated carbocycles. The van der Waals surface area contributed by atoms with E-state index in [-0.39, 0.29) is 12.1 Å². The molecule has 7 heteroatoms. The van der Waals surface area contributed by atoms with Crippen molar-refractivity contribution in [3.05, 3.63) is 181 Å². The van der Waals surface area contributed by atoms with E-state index in [0.717, 1.165) is 121 Å². The van der Waals surface area contributed by atoms with E-state index in [2.05, 4.69) is 158 Å². The molecule has 11 rings (SSSR count). The van der Waals surface area contributed by atoms with Gasteiger partial charge in [-0.1, -0.05) is 146 Å². The Morgan fingerprint density at radius 3 is 1.10 bits per heavy atom. The zero-order valence-electron chi connectivity index (χ0n) is 33.0. The molecule has 0 saturated heterocycles. The van der Waals surface area contributed by atoms with Crippen LogP contribution in [0.1, 0.15) is 36.1 Å². The second-order valence-electron chi connectivity index (χ2n) is 15.4. The summed E-state index contributed by atoms with van der Waals surface area (Å²) in [6, 6.07) is 50.0. The van der Waals surface area contributed by atoms with Gasteiger partial charge in [0.25, 0.3) is 0 Å². The summed E-state index contributed by atoms with van der Waals surface area (Å²) in [6.45, 7) is 1.51.